The van der Waals surface area contributed by atoms with Crippen molar-refractivity contribution in [2.45, 2.75) is 46.0 Å². The second kappa shape index (κ2) is 11.7. The fourth-order valence-corrected chi connectivity index (χ4v) is 4.84. The predicted molar refractivity (Wildman–Crippen MR) is 142 cm³/mol. The number of amides is 1. The minimum Gasteiger partial charge on any atom is -0.492 e. The van der Waals surface area contributed by atoms with Crippen molar-refractivity contribution < 1.29 is 19.1 Å². The number of nitrogens with one attached hydrogen (secondary N) is 1. The van der Waals surface area contributed by atoms with Gasteiger partial charge >= 0.3 is 5.97 Å². The molecular weight excluding hydrogens is 514 g/mol. The van der Waals surface area contributed by atoms with Gasteiger partial charge in [-0.05, 0) is 64.0 Å². The van der Waals surface area contributed by atoms with Crippen LogP contribution < -0.4 is 10.1 Å². The molecular formula is C27H30BrNO4S. The number of rotatable bonds is 9. The minimum absolute atomic E-state index is 0.0592. The molecule has 34 heavy (non-hydrogen) atoms. The molecule has 3 aromatic rings. The van der Waals surface area contributed by atoms with E-state index in [-0.39, 0.29) is 24.3 Å². The van der Waals surface area contributed by atoms with Gasteiger partial charge in [0.15, 0.2) is 0 Å². The molecule has 2 aromatic carbocycles. The van der Waals surface area contributed by atoms with Crippen LogP contribution in [0.15, 0.2) is 59.1 Å². The lowest BCUT2D eigenvalue weighted by atomic mass is 9.87. The molecule has 0 saturated heterocycles. The summed E-state index contributed by atoms with van der Waals surface area (Å²) in [5.74, 6) is 0.143. The Balaban J connectivity index is 1.59. The van der Waals surface area contributed by atoms with Crippen molar-refractivity contribution in [1.29, 1.82) is 0 Å². The van der Waals surface area contributed by atoms with E-state index in [0.29, 0.717) is 23.6 Å². The van der Waals surface area contributed by atoms with E-state index >= 15 is 0 Å². The molecule has 0 saturated carbocycles. The molecule has 1 aromatic heterocycles. The third kappa shape index (κ3) is 6.93. The number of hydrogen-bond acceptors (Lipinski definition) is 5. The number of carbonyl (C=O) groups is 2. The highest BCUT2D eigenvalue weighted by atomic mass is 79.9. The Morgan fingerprint density at radius 1 is 1.06 bits per heavy atom. The highest BCUT2D eigenvalue weighted by Gasteiger charge is 2.20. The first-order valence-electron chi connectivity index (χ1n) is 11.3. The van der Waals surface area contributed by atoms with Gasteiger partial charge in [0, 0.05) is 11.3 Å². The molecule has 0 spiro atoms. The molecule has 0 atom stereocenters. The largest absolute Gasteiger partial charge is 0.492 e. The number of ether oxygens (including phenoxy) is 2. The summed E-state index contributed by atoms with van der Waals surface area (Å²) in [5, 5.41) is 3.39. The van der Waals surface area contributed by atoms with Crippen LogP contribution in [-0.4, -0.2) is 25.1 Å². The van der Waals surface area contributed by atoms with E-state index in [4.69, 9.17) is 9.47 Å². The number of anilines is 1. The Morgan fingerprint density at radius 3 is 2.44 bits per heavy atom. The summed E-state index contributed by atoms with van der Waals surface area (Å²) in [5.41, 5.74) is 2.63. The summed E-state index contributed by atoms with van der Waals surface area (Å²) in [4.78, 5) is 25.9. The predicted octanol–water partition coefficient (Wildman–Crippen LogP) is 7.45. The standard InChI is InChI=1S/C27H30BrNO4S/c1-5-32-26(31)20-17-23(18-10-7-6-8-11-18)34-25(20)29-24(30)12-9-15-33-22-14-13-19(16-21(22)28)27(2,3)4/h6-8,10-11,13-14,16-17H,5,9,12,15H2,1-4H3,(H,29,30). The third-order valence-electron chi connectivity index (χ3n) is 5.14. The molecule has 0 fully saturated rings. The Hall–Kier alpha value is -2.64. The van der Waals surface area contributed by atoms with E-state index in [1.165, 1.54) is 16.9 Å². The number of carbonyl (C=O) groups excluding carboxylic acids is 2. The summed E-state index contributed by atoms with van der Waals surface area (Å²) < 4.78 is 11.9. The topological polar surface area (TPSA) is 64.6 Å². The molecule has 0 aliphatic carbocycles. The molecule has 0 aliphatic rings. The van der Waals surface area contributed by atoms with Crippen molar-refractivity contribution in [2.24, 2.45) is 0 Å². The van der Waals surface area contributed by atoms with Crippen LogP contribution in [0.5, 0.6) is 5.75 Å². The molecule has 5 nitrogen and oxygen atoms in total. The smallest absolute Gasteiger partial charge is 0.341 e. The summed E-state index contributed by atoms with van der Waals surface area (Å²) in [6.07, 6.45) is 0.823. The zero-order chi connectivity index (χ0) is 24.7. The molecule has 1 amide bonds. The van der Waals surface area contributed by atoms with Gasteiger partial charge in [0.05, 0.1) is 23.2 Å². The normalized spacial score (nSPS) is 11.2. The van der Waals surface area contributed by atoms with Crippen molar-refractivity contribution >= 4 is 44.1 Å². The quantitative estimate of drug-likeness (QED) is 0.225. The van der Waals surface area contributed by atoms with E-state index in [2.05, 4.69) is 54.2 Å². The van der Waals surface area contributed by atoms with Crippen LogP contribution in [-0.2, 0) is 14.9 Å². The van der Waals surface area contributed by atoms with Crippen molar-refractivity contribution in [2.75, 3.05) is 18.5 Å². The maximum atomic E-state index is 12.6. The minimum atomic E-state index is -0.442. The molecule has 3 rings (SSSR count). The van der Waals surface area contributed by atoms with Gasteiger partial charge in [-0.1, -0.05) is 57.2 Å². The van der Waals surface area contributed by atoms with Crippen LogP contribution in [0, 0.1) is 0 Å². The Labute approximate surface area is 213 Å². The number of thiophene rings is 1. The zero-order valence-electron chi connectivity index (χ0n) is 19.9. The van der Waals surface area contributed by atoms with Crippen molar-refractivity contribution in [3.8, 4) is 16.2 Å². The van der Waals surface area contributed by atoms with Crippen LogP contribution >= 0.6 is 27.3 Å². The van der Waals surface area contributed by atoms with E-state index < -0.39 is 5.97 Å². The molecule has 0 unspecified atom stereocenters. The molecule has 0 radical (unpaired) electrons. The Morgan fingerprint density at radius 2 is 1.79 bits per heavy atom. The fourth-order valence-electron chi connectivity index (χ4n) is 3.28. The lowest BCUT2D eigenvalue weighted by Gasteiger charge is -2.20. The first-order chi connectivity index (χ1) is 16.2. The highest BCUT2D eigenvalue weighted by Crippen LogP contribution is 2.36. The van der Waals surface area contributed by atoms with Crippen LogP contribution in [0.3, 0.4) is 0 Å². The number of benzene rings is 2. The average Bonchev–Trinajstić information content (AvgIpc) is 3.21. The second-order valence-corrected chi connectivity index (χ2v) is 10.7. The molecule has 7 heteroatoms. The molecule has 0 aliphatic heterocycles. The van der Waals surface area contributed by atoms with E-state index in [0.717, 1.165) is 20.7 Å². The fraction of sp³-hybridized carbons (Fsp3) is 0.333. The van der Waals surface area contributed by atoms with E-state index in [1.807, 2.05) is 36.4 Å². The summed E-state index contributed by atoms with van der Waals surface area (Å²) in [6.45, 7) is 8.93. The molecule has 0 bridgehead atoms. The van der Waals surface area contributed by atoms with E-state index in [9.17, 15) is 9.59 Å². The van der Waals surface area contributed by atoms with Crippen LogP contribution in [0.25, 0.3) is 10.4 Å². The lowest BCUT2D eigenvalue weighted by Crippen LogP contribution is -2.15. The van der Waals surface area contributed by atoms with Gasteiger partial charge in [0.2, 0.25) is 5.91 Å². The van der Waals surface area contributed by atoms with Crippen molar-refractivity contribution in [3.05, 3.63) is 70.2 Å². The van der Waals surface area contributed by atoms with Crippen LogP contribution in [0.4, 0.5) is 5.00 Å². The van der Waals surface area contributed by atoms with Gasteiger partial charge in [-0.15, -0.1) is 11.3 Å². The number of esters is 1. The molecule has 180 valence electrons. The van der Waals surface area contributed by atoms with Gasteiger partial charge in [0.1, 0.15) is 10.8 Å². The maximum absolute atomic E-state index is 12.6. The Bertz CT molecular complexity index is 1140. The van der Waals surface area contributed by atoms with Crippen LogP contribution in [0.1, 0.15) is 56.5 Å². The molecule has 1 heterocycles. The van der Waals surface area contributed by atoms with Gasteiger partial charge in [0.25, 0.3) is 0 Å². The van der Waals surface area contributed by atoms with Crippen molar-refractivity contribution in [3.63, 3.8) is 0 Å². The monoisotopic (exact) mass is 543 g/mol. The first-order valence-corrected chi connectivity index (χ1v) is 12.9. The summed E-state index contributed by atoms with van der Waals surface area (Å²) in [6, 6.07) is 17.6. The zero-order valence-corrected chi connectivity index (χ0v) is 22.3. The Kier molecular flexibility index (Phi) is 8.91. The van der Waals surface area contributed by atoms with E-state index in [1.54, 1.807) is 13.0 Å². The first kappa shape index (κ1) is 26.0. The van der Waals surface area contributed by atoms with Gasteiger partial charge in [-0.3, -0.25) is 4.79 Å². The SMILES string of the molecule is CCOC(=O)c1cc(-c2ccccc2)sc1NC(=O)CCCOc1ccc(C(C)(C)C)cc1Br. The molecule has 1 N–H and O–H groups in total. The van der Waals surface area contributed by atoms with Gasteiger partial charge in [-0.25, -0.2) is 4.79 Å². The lowest BCUT2D eigenvalue weighted by molar-refractivity contribution is -0.116. The maximum Gasteiger partial charge on any atom is 0.341 e. The van der Waals surface area contributed by atoms with Crippen LogP contribution in [0.2, 0.25) is 0 Å². The number of hydrogen-bond donors (Lipinski definition) is 1. The number of halogens is 1. The summed E-state index contributed by atoms with van der Waals surface area (Å²) in [7, 11) is 0. The summed E-state index contributed by atoms with van der Waals surface area (Å²) >= 11 is 4.94. The van der Waals surface area contributed by atoms with Gasteiger partial charge < -0.3 is 14.8 Å². The second-order valence-electron chi connectivity index (χ2n) is 8.84. The van der Waals surface area contributed by atoms with Gasteiger partial charge in [-0.2, -0.15) is 0 Å². The average molecular weight is 545 g/mol. The van der Waals surface area contributed by atoms with Crippen molar-refractivity contribution in [1.82, 2.24) is 0 Å². The third-order valence-corrected chi connectivity index (χ3v) is 6.86. The highest BCUT2D eigenvalue weighted by molar-refractivity contribution is 9.10.